The number of aliphatic imine (C=N–C) groups is 1. The minimum atomic E-state index is -1.19. The van der Waals surface area contributed by atoms with Crippen molar-refractivity contribution in [2.45, 2.75) is 172 Å². The van der Waals surface area contributed by atoms with E-state index in [0.717, 1.165) is 22.3 Å². The summed E-state index contributed by atoms with van der Waals surface area (Å²) in [6, 6.07) is 20.8. The topological polar surface area (TPSA) is 207 Å². The van der Waals surface area contributed by atoms with Gasteiger partial charge in [-0.25, -0.2) is 15.0 Å². The van der Waals surface area contributed by atoms with Gasteiger partial charge in [0.2, 0.25) is 5.91 Å². The van der Waals surface area contributed by atoms with Crippen molar-refractivity contribution in [3.8, 4) is 0 Å². The Hall–Kier alpha value is -5.83. The van der Waals surface area contributed by atoms with Crippen LogP contribution in [0.1, 0.15) is 174 Å². The number of anilines is 1. The number of hydrogen-bond acceptors (Lipinski definition) is 12. The minimum absolute atomic E-state index is 0.208. The molecule has 0 saturated carbocycles. The molecule has 412 valence electrons. The van der Waals surface area contributed by atoms with Crippen molar-refractivity contribution in [1.29, 1.82) is 0 Å². The fourth-order valence-corrected chi connectivity index (χ4v) is 8.67. The number of amides is 5. The summed E-state index contributed by atoms with van der Waals surface area (Å²) in [6.07, 6.45) is 0. The zero-order valence-corrected chi connectivity index (χ0v) is 50.0. The first-order chi connectivity index (χ1) is 35.2. The maximum absolute atomic E-state index is 13.2. The van der Waals surface area contributed by atoms with E-state index < -0.39 is 44.0 Å². The van der Waals surface area contributed by atoms with Gasteiger partial charge >= 0.3 is 21.1 Å². The van der Waals surface area contributed by atoms with E-state index in [1.165, 1.54) is 23.0 Å². The molecule has 2 fully saturated rings. The third kappa shape index (κ3) is 15.3. The van der Waals surface area contributed by atoms with E-state index in [-0.39, 0.29) is 45.7 Å². The SMILES string of the molecule is CC(=O)Nc1ccc(C(=O)NN(C(=O)c2cc(C)cc(C)c2)C(C)(C)C)cc1Br.CC1(C)OB(B2OC(C)(C)C(C)(C)O2)OC1(C)C.CC1=Nc2ccc(C(=O)NN(C(=O)c3cc(C)cc(C)c3)C(C)(C)C)cc2B(O)O1. The van der Waals surface area contributed by atoms with Crippen LogP contribution < -0.4 is 21.6 Å². The van der Waals surface area contributed by atoms with E-state index in [1.807, 2.05) is 137 Å². The van der Waals surface area contributed by atoms with Crippen LogP contribution in [0.5, 0.6) is 0 Å². The number of halogens is 1. The molecule has 5 amide bonds. The summed E-state index contributed by atoms with van der Waals surface area (Å²) >= 11 is 3.36. The number of benzene rings is 4. The van der Waals surface area contributed by atoms with Crippen molar-refractivity contribution in [2.24, 2.45) is 4.99 Å². The Labute approximate surface area is 464 Å². The van der Waals surface area contributed by atoms with Crippen molar-refractivity contribution < 1.29 is 52.3 Å². The molecule has 0 atom stereocenters. The van der Waals surface area contributed by atoms with Gasteiger partial charge < -0.3 is 33.6 Å². The predicted molar refractivity (Wildman–Crippen MR) is 307 cm³/mol. The van der Waals surface area contributed by atoms with Crippen LogP contribution in [0.3, 0.4) is 0 Å². The number of fused-ring (bicyclic) bond motifs is 1. The first-order valence-corrected chi connectivity index (χ1v) is 26.3. The Bertz CT molecular complexity index is 2840. The van der Waals surface area contributed by atoms with Gasteiger partial charge in [0, 0.05) is 46.0 Å². The Morgan fingerprint density at radius 3 is 1.27 bits per heavy atom. The summed E-state index contributed by atoms with van der Waals surface area (Å²) in [7, 11) is -2.15. The lowest BCUT2D eigenvalue weighted by atomic mass is 9.49. The van der Waals surface area contributed by atoms with Crippen LogP contribution >= 0.6 is 15.9 Å². The Morgan fingerprint density at radius 1 is 0.558 bits per heavy atom. The third-order valence-corrected chi connectivity index (χ3v) is 14.2. The van der Waals surface area contributed by atoms with Crippen LogP contribution in [-0.4, -0.2) is 105 Å². The lowest BCUT2D eigenvalue weighted by Gasteiger charge is -2.35. The van der Waals surface area contributed by atoms with E-state index in [1.54, 1.807) is 61.5 Å². The Kier molecular flexibility index (Phi) is 18.7. The molecule has 0 bridgehead atoms. The number of hydrogen-bond donors (Lipinski definition) is 4. The van der Waals surface area contributed by atoms with Gasteiger partial charge in [-0.15, -0.1) is 0 Å². The molecule has 3 aliphatic rings. The van der Waals surface area contributed by atoms with Gasteiger partial charge in [-0.2, -0.15) is 0 Å². The van der Waals surface area contributed by atoms with E-state index in [4.69, 9.17) is 23.3 Å². The molecule has 7 rings (SSSR count). The number of nitrogens with zero attached hydrogens (tertiary/aromatic N) is 3. The van der Waals surface area contributed by atoms with Crippen LogP contribution in [0, 0.1) is 27.7 Å². The molecule has 0 radical (unpaired) electrons. The zero-order chi connectivity index (χ0) is 58.1. The summed E-state index contributed by atoms with van der Waals surface area (Å²) in [5.74, 6) is -1.33. The molecule has 0 aromatic heterocycles. The summed E-state index contributed by atoms with van der Waals surface area (Å²) in [5, 5.41) is 15.5. The van der Waals surface area contributed by atoms with Gasteiger partial charge in [0.1, 0.15) is 0 Å². The summed E-state index contributed by atoms with van der Waals surface area (Å²) in [4.78, 5) is 67.6. The molecule has 77 heavy (non-hydrogen) atoms. The van der Waals surface area contributed by atoms with Crippen molar-refractivity contribution in [1.82, 2.24) is 20.9 Å². The summed E-state index contributed by atoms with van der Waals surface area (Å²) in [5.41, 5.74) is 9.78. The van der Waals surface area contributed by atoms with Crippen molar-refractivity contribution in [2.75, 3.05) is 5.32 Å². The van der Waals surface area contributed by atoms with E-state index in [0.29, 0.717) is 43.9 Å². The zero-order valence-electron chi connectivity index (χ0n) is 48.4. The van der Waals surface area contributed by atoms with Crippen molar-refractivity contribution in [3.63, 3.8) is 0 Å². The van der Waals surface area contributed by atoms with Crippen LogP contribution in [0.15, 0.2) is 82.3 Å². The number of rotatable bonds is 6. The van der Waals surface area contributed by atoms with Crippen LogP contribution in [0.4, 0.5) is 11.4 Å². The van der Waals surface area contributed by atoms with Crippen molar-refractivity contribution in [3.05, 3.63) is 122 Å². The smallest absolute Gasteiger partial charge is 0.522 e. The fraction of sp³-hybridized carbons (Fsp3) is 0.464. The molecule has 4 aromatic rings. The first kappa shape index (κ1) is 62.0. The number of carbonyl (C=O) groups is 5. The molecule has 0 aliphatic carbocycles. The highest BCUT2D eigenvalue weighted by Gasteiger charge is 2.63. The highest BCUT2D eigenvalue weighted by atomic mass is 79.9. The highest BCUT2D eigenvalue weighted by Crippen LogP contribution is 2.43. The average molecular weight is 1120 g/mol. The second-order valence-electron chi connectivity index (χ2n) is 23.8. The minimum Gasteiger partial charge on any atom is -0.522 e. The molecule has 2 saturated heterocycles. The number of aryl methyl sites for hydroxylation is 4. The van der Waals surface area contributed by atoms with Crippen LogP contribution in [0.2, 0.25) is 0 Å². The van der Waals surface area contributed by atoms with Gasteiger partial charge in [0.25, 0.3) is 23.6 Å². The maximum atomic E-state index is 13.2. The summed E-state index contributed by atoms with van der Waals surface area (Å²) < 4.78 is 29.6. The van der Waals surface area contributed by atoms with Gasteiger partial charge in [-0.1, -0.05) is 34.4 Å². The highest BCUT2D eigenvalue weighted by molar-refractivity contribution is 9.10. The standard InChI is InChI=1S/C22H26BN3O4.C22H26BrN3O3.C12H24B2O4/c1-13-9-14(2)11-17(10-13)21(28)26(22(4,5)6)25-20(27)16-7-8-19-18(12-16)23(29)30-15(3)24-19;1-13-9-14(2)11-17(10-13)21(29)26(22(4,5)6)25-20(28)16-7-8-19(18(23)12-16)24-15(3)27;1-9(2)10(3,4)16-13(15-9)14-17-11(5,6)12(7,8)18-14/h7-12,29H,1-6H3,(H,25,27);7-12H,1-6H3,(H,24,27)(H,25,28);1-8H3. The third-order valence-electron chi connectivity index (χ3n) is 13.5. The quantitative estimate of drug-likeness (QED) is 0.106. The molecule has 21 heteroatoms. The van der Waals surface area contributed by atoms with Crippen LogP contribution in [-0.2, 0) is 28.1 Å². The Balaban J connectivity index is 0.000000220. The number of nitrogens with one attached hydrogen (secondary N) is 3. The van der Waals surface area contributed by atoms with Gasteiger partial charge in [0.15, 0.2) is 5.90 Å². The molecule has 3 heterocycles. The van der Waals surface area contributed by atoms with Crippen molar-refractivity contribution >= 4 is 89.3 Å². The van der Waals surface area contributed by atoms with E-state index >= 15 is 0 Å². The maximum Gasteiger partial charge on any atom is 0.563 e. The molecule has 0 unspecified atom stereocenters. The van der Waals surface area contributed by atoms with Gasteiger partial charge in [0.05, 0.1) is 44.9 Å². The average Bonchev–Trinajstić information content (AvgIpc) is 3.65. The lowest BCUT2D eigenvalue weighted by molar-refractivity contribution is -0.114. The molecule has 17 nitrogen and oxygen atoms in total. The fourth-order valence-electron chi connectivity index (χ4n) is 8.20. The van der Waals surface area contributed by atoms with E-state index in [2.05, 4.69) is 37.1 Å². The first-order valence-electron chi connectivity index (χ1n) is 25.5. The largest absolute Gasteiger partial charge is 0.563 e. The molecular formula is C56H76B3BrN6O11. The summed E-state index contributed by atoms with van der Waals surface area (Å²) in [6.45, 7) is 38.1. The normalized spacial score (nSPS) is 16.8. The molecule has 3 aliphatic heterocycles. The predicted octanol–water partition coefficient (Wildman–Crippen LogP) is 9.52. The number of hydrazine groups is 2. The van der Waals surface area contributed by atoms with Gasteiger partial charge in [-0.05, 0) is 201 Å². The number of carbonyl (C=O) groups excluding carboxylic acids is 5. The molecule has 0 spiro atoms. The second kappa shape index (κ2) is 23.3. The molecular weight excluding hydrogens is 1040 g/mol. The lowest BCUT2D eigenvalue weighted by Crippen LogP contribution is -2.56. The van der Waals surface area contributed by atoms with Gasteiger partial charge in [-0.3, -0.25) is 34.8 Å². The monoisotopic (exact) mass is 1120 g/mol. The molecule has 4 aromatic carbocycles. The van der Waals surface area contributed by atoms with E-state index in [9.17, 15) is 29.0 Å². The Morgan fingerprint density at radius 2 is 0.922 bits per heavy atom. The van der Waals surface area contributed by atoms with Crippen LogP contribution in [0.25, 0.3) is 0 Å². The molecule has 4 N–H and O–H groups in total. The second-order valence-corrected chi connectivity index (χ2v) is 24.6.